The molecule has 0 fully saturated rings. The van der Waals surface area contributed by atoms with Gasteiger partial charge in [-0.25, -0.2) is 5.43 Å². The number of carbonyl (C=O) groups excluding carboxylic acids is 1. The number of benzene rings is 3. The van der Waals surface area contributed by atoms with E-state index in [1.54, 1.807) is 30.3 Å². The molecule has 1 heterocycles. The number of amides is 1. The van der Waals surface area contributed by atoms with Crippen molar-refractivity contribution >= 4 is 51.3 Å². The lowest BCUT2D eigenvalue weighted by Gasteiger charge is -2.15. The molecule has 3 aromatic carbocycles. The van der Waals surface area contributed by atoms with Crippen LogP contribution in [0.4, 0.5) is 0 Å². The van der Waals surface area contributed by atoms with Gasteiger partial charge < -0.3 is 18.9 Å². The molecule has 7 nitrogen and oxygen atoms in total. The van der Waals surface area contributed by atoms with E-state index in [-0.39, 0.29) is 25.7 Å². The molecular weight excluding hydrogens is 559 g/mol. The van der Waals surface area contributed by atoms with Crippen molar-refractivity contribution in [2.45, 2.75) is 20.0 Å². The first-order valence-corrected chi connectivity index (χ1v) is 12.2. The largest absolute Gasteiger partial charge is 0.490 e. The number of halogens is 3. The van der Waals surface area contributed by atoms with Gasteiger partial charge in [-0.3, -0.25) is 4.79 Å². The highest BCUT2D eigenvalue weighted by Gasteiger charge is 2.15. The molecule has 0 saturated heterocycles. The highest BCUT2D eigenvalue weighted by atomic mass is 79.9. The quantitative estimate of drug-likeness (QED) is 0.243. The molecule has 0 saturated carbocycles. The fraction of sp³-hybridized carbons (Fsp3) is 0.200. The van der Waals surface area contributed by atoms with Crippen LogP contribution in [0.2, 0.25) is 10.0 Å². The molecule has 1 aliphatic rings. The van der Waals surface area contributed by atoms with E-state index in [1.807, 2.05) is 25.1 Å². The maximum absolute atomic E-state index is 12.3. The summed E-state index contributed by atoms with van der Waals surface area (Å²) in [5, 5.41) is 5.15. The van der Waals surface area contributed by atoms with E-state index in [2.05, 4.69) is 26.5 Å². The monoisotopic (exact) mass is 578 g/mol. The van der Waals surface area contributed by atoms with E-state index in [0.717, 1.165) is 11.1 Å². The standard InChI is InChI=1S/C25H21BrCl2N2O5/c1-2-32-23-9-16(7-19(26)25(23)33-13-17-4-5-18(27)11-20(17)28)12-29-30-24(31)10-15-3-6-21-22(8-15)35-14-34-21/h3-9,11-12H,2,10,13-14H2,1H3,(H,30,31)/b29-12-. The van der Waals surface area contributed by atoms with E-state index in [0.29, 0.717) is 49.7 Å². The molecule has 0 unspecified atom stereocenters. The summed E-state index contributed by atoms with van der Waals surface area (Å²) < 4.78 is 23.0. The van der Waals surface area contributed by atoms with Crippen LogP contribution >= 0.6 is 39.1 Å². The molecule has 35 heavy (non-hydrogen) atoms. The lowest BCUT2D eigenvalue weighted by atomic mass is 10.1. The van der Waals surface area contributed by atoms with Gasteiger partial charge in [-0.05, 0) is 70.4 Å². The predicted octanol–water partition coefficient (Wildman–Crippen LogP) is 6.16. The molecule has 4 rings (SSSR count). The summed E-state index contributed by atoms with van der Waals surface area (Å²) >= 11 is 15.7. The SMILES string of the molecule is CCOc1cc(/C=N\NC(=O)Cc2ccc3c(c2)OCO3)cc(Br)c1OCc1ccc(Cl)cc1Cl. The average molecular weight is 580 g/mol. The minimum Gasteiger partial charge on any atom is -0.490 e. The molecule has 1 aliphatic heterocycles. The van der Waals surface area contributed by atoms with Crippen molar-refractivity contribution in [2.24, 2.45) is 5.10 Å². The zero-order chi connectivity index (χ0) is 24.8. The summed E-state index contributed by atoms with van der Waals surface area (Å²) in [5.41, 5.74) is 4.83. The number of ether oxygens (including phenoxy) is 4. The summed E-state index contributed by atoms with van der Waals surface area (Å²) in [5.74, 6) is 2.10. The predicted molar refractivity (Wildman–Crippen MR) is 138 cm³/mol. The molecule has 0 radical (unpaired) electrons. The van der Waals surface area contributed by atoms with Crippen molar-refractivity contribution in [1.82, 2.24) is 5.43 Å². The second kappa shape index (κ2) is 11.7. The molecule has 0 atom stereocenters. The fourth-order valence-corrected chi connectivity index (χ4v) is 4.35. The van der Waals surface area contributed by atoms with Gasteiger partial charge in [0.15, 0.2) is 23.0 Å². The number of carbonyl (C=O) groups is 1. The molecule has 3 aromatic rings. The van der Waals surface area contributed by atoms with Crippen molar-refractivity contribution in [3.05, 3.63) is 79.7 Å². The highest BCUT2D eigenvalue weighted by molar-refractivity contribution is 9.10. The Morgan fingerprint density at radius 3 is 2.74 bits per heavy atom. The Labute approximate surface area is 221 Å². The molecule has 0 spiro atoms. The van der Waals surface area contributed by atoms with Crippen LogP contribution in [0.25, 0.3) is 0 Å². The van der Waals surface area contributed by atoms with Gasteiger partial charge in [0.25, 0.3) is 0 Å². The first-order valence-electron chi connectivity index (χ1n) is 10.7. The zero-order valence-corrected chi connectivity index (χ0v) is 21.7. The lowest BCUT2D eigenvalue weighted by Crippen LogP contribution is -2.19. The van der Waals surface area contributed by atoms with Crippen LogP contribution in [-0.2, 0) is 17.8 Å². The highest BCUT2D eigenvalue weighted by Crippen LogP contribution is 2.38. The summed E-state index contributed by atoms with van der Waals surface area (Å²) in [6.45, 7) is 2.74. The molecule has 182 valence electrons. The van der Waals surface area contributed by atoms with Crippen LogP contribution < -0.4 is 24.4 Å². The van der Waals surface area contributed by atoms with Crippen LogP contribution in [0, 0.1) is 0 Å². The number of hydrogen-bond donors (Lipinski definition) is 1. The Balaban J connectivity index is 1.40. The van der Waals surface area contributed by atoms with Gasteiger partial charge in [0.2, 0.25) is 12.7 Å². The molecule has 0 aliphatic carbocycles. The number of rotatable bonds is 9. The normalized spacial score (nSPS) is 12.1. The van der Waals surface area contributed by atoms with Gasteiger partial charge in [-0.1, -0.05) is 35.3 Å². The third-order valence-corrected chi connectivity index (χ3v) is 6.10. The van der Waals surface area contributed by atoms with E-state index in [1.165, 1.54) is 6.21 Å². The van der Waals surface area contributed by atoms with E-state index in [9.17, 15) is 4.79 Å². The minimum atomic E-state index is -0.260. The Morgan fingerprint density at radius 1 is 1.11 bits per heavy atom. The number of hydrazone groups is 1. The van der Waals surface area contributed by atoms with Crippen molar-refractivity contribution in [1.29, 1.82) is 0 Å². The van der Waals surface area contributed by atoms with Gasteiger partial charge in [0, 0.05) is 15.6 Å². The van der Waals surface area contributed by atoms with Crippen LogP contribution in [-0.4, -0.2) is 25.5 Å². The zero-order valence-electron chi connectivity index (χ0n) is 18.6. The maximum atomic E-state index is 12.3. The Morgan fingerprint density at radius 2 is 1.94 bits per heavy atom. The molecule has 0 aromatic heterocycles. The van der Waals surface area contributed by atoms with Gasteiger partial charge in [0.1, 0.15) is 6.61 Å². The van der Waals surface area contributed by atoms with E-state index in [4.69, 9.17) is 42.1 Å². The van der Waals surface area contributed by atoms with E-state index < -0.39 is 0 Å². The van der Waals surface area contributed by atoms with Crippen LogP contribution in [0.5, 0.6) is 23.0 Å². The Bertz CT molecular complexity index is 1270. The Hall–Kier alpha value is -2.94. The smallest absolute Gasteiger partial charge is 0.244 e. The van der Waals surface area contributed by atoms with Gasteiger partial charge >= 0.3 is 0 Å². The number of nitrogens with one attached hydrogen (secondary N) is 1. The lowest BCUT2D eigenvalue weighted by molar-refractivity contribution is -0.120. The second-order valence-electron chi connectivity index (χ2n) is 7.44. The van der Waals surface area contributed by atoms with Crippen molar-refractivity contribution in [3.63, 3.8) is 0 Å². The van der Waals surface area contributed by atoms with Crippen LogP contribution in [0.15, 0.2) is 58.1 Å². The first-order chi connectivity index (χ1) is 16.9. The maximum Gasteiger partial charge on any atom is 0.244 e. The summed E-state index contributed by atoms with van der Waals surface area (Å²) in [6.07, 6.45) is 1.69. The molecule has 10 heteroatoms. The minimum absolute atomic E-state index is 0.155. The van der Waals surface area contributed by atoms with Crippen molar-refractivity contribution in [3.8, 4) is 23.0 Å². The topological polar surface area (TPSA) is 78.4 Å². The van der Waals surface area contributed by atoms with Crippen LogP contribution in [0.3, 0.4) is 0 Å². The van der Waals surface area contributed by atoms with Gasteiger partial charge in [-0.15, -0.1) is 0 Å². The third-order valence-electron chi connectivity index (χ3n) is 4.92. The number of nitrogens with zero attached hydrogens (tertiary/aromatic N) is 1. The molecule has 1 N–H and O–H groups in total. The summed E-state index contributed by atoms with van der Waals surface area (Å²) in [7, 11) is 0. The molecular formula is C25H21BrCl2N2O5. The fourth-order valence-electron chi connectivity index (χ4n) is 3.31. The number of hydrogen-bond acceptors (Lipinski definition) is 6. The summed E-state index contributed by atoms with van der Waals surface area (Å²) in [6, 6.07) is 14.2. The average Bonchev–Trinajstić information content (AvgIpc) is 3.28. The molecule has 1 amide bonds. The van der Waals surface area contributed by atoms with Gasteiger partial charge in [-0.2, -0.15) is 5.10 Å². The first kappa shape index (κ1) is 25.2. The third kappa shape index (κ3) is 6.60. The molecule has 0 bridgehead atoms. The van der Waals surface area contributed by atoms with Crippen molar-refractivity contribution in [2.75, 3.05) is 13.4 Å². The Kier molecular flexibility index (Phi) is 8.38. The van der Waals surface area contributed by atoms with Crippen LogP contribution in [0.1, 0.15) is 23.6 Å². The van der Waals surface area contributed by atoms with E-state index >= 15 is 0 Å². The summed E-state index contributed by atoms with van der Waals surface area (Å²) in [4.78, 5) is 12.3. The second-order valence-corrected chi connectivity index (χ2v) is 9.14. The number of fused-ring (bicyclic) bond motifs is 1. The van der Waals surface area contributed by atoms with Gasteiger partial charge in [0.05, 0.1) is 23.7 Å². The van der Waals surface area contributed by atoms with Crippen molar-refractivity contribution < 1.29 is 23.7 Å².